The zero-order valence-electron chi connectivity index (χ0n) is 9.42. The number of rotatable bonds is 1. The monoisotopic (exact) mass is 255 g/mol. The predicted molar refractivity (Wildman–Crippen MR) is 68.7 cm³/mol. The first-order chi connectivity index (χ1) is 8.08. The molecule has 3 rings (SSSR count). The average Bonchev–Trinajstić information content (AvgIpc) is 2.88. The fourth-order valence-corrected chi connectivity index (χ4v) is 3.29. The third-order valence-electron chi connectivity index (χ3n) is 3.93. The van der Waals surface area contributed by atoms with Crippen molar-refractivity contribution in [3.05, 3.63) is 16.9 Å². The van der Waals surface area contributed by atoms with Crippen molar-refractivity contribution >= 4 is 28.7 Å². The van der Waals surface area contributed by atoms with Crippen LogP contribution in [0.25, 0.3) is 0 Å². The first-order valence-corrected chi connectivity index (χ1v) is 6.25. The number of benzene rings is 1. The van der Waals surface area contributed by atoms with Crippen molar-refractivity contribution in [2.24, 2.45) is 5.92 Å². The summed E-state index contributed by atoms with van der Waals surface area (Å²) in [7, 11) is 0. The van der Waals surface area contributed by atoms with Crippen molar-refractivity contribution < 1.29 is 4.39 Å². The highest BCUT2D eigenvalue weighted by molar-refractivity contribution is 6.33. The first-order valence-electron chi connectivity index (χ1n) is 5.87. The van der Waals surface area contributed by atoms with E-state index in [0.717, 1.165) is 19.4 Å². The molecule has 3 nitrogen and oxygen atoms in total. The molecule has 1 aromatic carbocycles. The van der Waals surface area contributed by atoms with Gasteiger partial charge in [-0.15, -0.1) is 0 Å². The minimum absolute atomic E-state index is 0.0167. The summed E-state index contributed by atoms with van der Waals surface area (Å²) in [6, 6.07) is 1.96. The van der Waals surface area contributed by atoms with Gasteiger partial charge in [0.05, 0.1) is 17.1 Å². The average molecular weight is 256 g/mol. The number of hydrogen-bond donors (Lipinski definition) is 2. The van der Waals surface area contributed by atoms with Crippen molar-refractivity contribution in [3.8, 4) is 0 Å². The lowest BCUT2D eigenvalue weighted by molar-refractivity contribution is 0.541. The molecule has 2 bridgehead atoms. The van der Waals surface area contributed by atoms with Crippen LogP contribution >= 0.6 is 11.6 Å². The van der Waals surface area contributed by atoms with Crippen LogP contribution in [0, 0.1) is 11.7 Å². The lowest BCUT2D eigenvalue weighted by Crippen LogP contribution is -2.33. The number of fused-ring (bicyclic) bond motifs is 2. The Morgan fingerprint density at radius 1 is 1.29 bits per heavy atom. The Bertz CT molecular complexity index is 477. The summed E-state index contributed by atoms with van der Waals surface area (Å²) < 4.78 is 14.2. The molecule has 1 aliphatic carbocycles. The van der Waals surface area contributed by atoms with Gasteiger partial charge >= 0.3 is 0 Å². The summed E-state index contributed by atoms with van der Waals surface area (Å²) in [4.78, 5) is 2.06. The molecule has 0 amide bonds. The van der Waals surface area contributed by atoms with Crippen LogP contribution < -0.4 is 16.4 Å². The third kappa shape index (κ3) is 1.54. The lowest BCUT2D eigenvalue weighted by Gasteiger charge is -2.31. The molecule has 17 heavy (non-hydrogen) atoms. The number of nitrogens with two attached hydrogens (primary N) is 2. The molecule has 2 unspecified atom stereocenters. The number of nitrogens with zero attached hydrogens (tertiary/aromatic N) is 1. The zero-order chi connectivity index (χ0) is 12.2. The molecule has 2 fully saturated rings. The minimum atomic E-state index is -0.475. The molecule has 2 aliphatic rings. The second-order valence-electron chi connectivity index (χ2n) is 5.02. The van der Waals surface area contributed by atoms with Crippen LogP contribution in [0.1, 0.15) is 19.3 Å². The Kier molecular flexibility index (Phi) is 2.36. The van der Waals surface area contributed by atoms with E-state index in [1.54, 1.807) is 6.07 Å². The molecule has 92 valence electrons. The standard InChI is InChI=1S/C12H15ClFN3/c13-10-8(15)4-9(16)12(11(10)14)17-5-6-1-2-7(17)3-6/h4,6-7H,1-3,5,15-16H2. The van der Waals surface area contributed by atoms with Gasteiger partial charge in [0.2, 0.25) is 0 Å². The third-order valence-corrected chi connectivity index (χ3v) is 4.32. The van der Waals surface area contributed by atoms with E-state index in [0.29, 0.717) is 23.3 Å². The second-order valence-corrected chi connectivity index (χ2v) is 5.39. The Hall–Kier alpha value is -1.16. The molecule has 0 spiro atoms. The van der Waals surface area contributed by atoms with Gasteiger partial charge in [0.15, 0.2) is 5.82 Å². The minimum Gasteiger partial charge on any atom is -0.397 e. The van der Waals surface area contributed by atoms with Crippen molar-refractivity contribution in [1.82, 2.24) is 0 Å². The molecule has 0 radical (unpaired) electrons. The molecule has 1 saturated heterocycles. The summed E-state index contributed by atoms with van der Waals surface area (Å²) in [5.74, 6) is 0.201. The molecule has 2 atom stereocenters. The molecule has 1 aliphatic heterocycles. The molecular weight excluding hydrogens is 241 g/mol. The van der Waals surface area contributed by atoms with Crippen LogP contribution in [-0.2, 0) is 0 Å². The zero-order valence-corrected chi connectivity index (χ0v) is 10.2. The lowest BCUT2D eigenvalue weighted by atomic mass is 10.1. The van der Waals surface area contributed by atoms with Crippen molar-refractivity contribution in [2.45, 2.75) is 25.3 Å². The highest BCUT2D eigenvalue weighted by Gasteiger charge is 2.39. The van der Waals surface area contributed by atoms with E-state index in [1.807, 2.05) is 0 Å². The maximum absolute atomic E-state index is 14.2. The van der Waals surface area contributed by atoms with Gasteiger partial charge in [0.25, 0.3) is 0 Å². The summed E-state index contributed by atoms with van der Waals surface area (Å²) in [5.41, 5.74) is 12.5. The number of hydrogen-bond acceptors (Lipinski definition) is 3. The van der Waals surface area contributed by atoms with Crippen molar-refractivity contribution in [1.29, 1.82) is 0 Å². The quantitative estimate of drug-likeness (QED) is 0.759. The van der Waals surface area contributed by atoms with Crippen LogP contribution in [0.5, 0.6) is 0 Å². The smallest absolute Gasteiger partial charge is 0.169 e. The first kappa shape index (κ1) is 11.0. The second kappa shape index (κ2) is 3.67. The Balaban J connectivity index is 2.06. The molecule has 1 saturated carbocycles. The SMILES string of the molecule is Nc1cc(N)c(N2CC3CCC2C3)c(F)c1Cl. The van der Waals surface area contributed by atoms with Gasteiger partial charge in [-0.3, -0.25) is 0 Å². The van der Waals surface area contributed by atoms with Gasteiger partial charge in [0.1, 0.15) is 5.02 Å². The largest absolute Gasteiger partial charge is 0.397 e. The molecule has 0 aromatic heterocycles. The fraction of sp³-hybridized carbons (Fsp3) is 0.500. The number of nitrogen functional groups attached to an aromatic ring is 2. The maximum atomic E-state index is 14.2. The summed E-state index contributed by atoms with van der Waals surface area (Å²) >= 11 is 5.85. The van der Waals surface area contributed by atoms with E-state index in [-0.39, 0.29) is 10.7 Å². The van der Waals surface area contributed by atoms with Gasteiger partial charge in [0, 0.05) is 12.6 Å². The Labute approximate surface area is 105 Å². The summed E-state index contributed by atoms with van der Waals surface area (Å²) in [5, 5.41) is -0.0167. The summed E-state index contributed by atoms with van der Waals surface area (Å²) in [6.45, 7) is 0.881. The topological polar surface area (TPSA) is 55.3 Å². The van der Waals surface area contributed by atoms with E-state index in [4.69, 9.17) is 23.1 Å². The molecule has 1 aromatic rings. The maximum Gasteiger partial charge on any atom is 0.169 e. The number of halogens is 2. The van der Waals surface area contributed by atoms with Gasteiger partial charge in [-0.1, -0.05) is 11.6 Å². The van der Waals surface area contributed by atoms with Crippen molar-refractivity contribution in [2.75, 3.05) is 22.9 Å². The summed E-state index contributed by atoms with van der Waals surface area (Å²) in [6.07, 6.45) is 3.50. The molecule has 4 N–H and O–H groups in total. The van der Waals surface area contributed by atoms with Gasteiger partial charge in [-0.2, -0.15) is 0 Å². The van der Waals surface area contributed by atoms with Crippen LogP contribution in [0.4, 0.5) is 21.5 Å². The van der Waals surface area contributed by atoms with Crippen LogP contribution in [-0.4, -0.2) is 12.6 Å². The van der Waals surface area contributed by atoms with Gasteiger partial charge in [-0.05, 0) is 31.2 Å². The fourth-order valence-electron chi connectivity index (χ4n) is 3.15. The molecule has 5 heteroatoms. The Morgan fingerprint density at radius 3 is 2.65 bits per heavy atom. The number of anilines is 3. The van der Waals surface area contributed by atoms with E-state index >= 15 is 0 Å². The molecular formula is C12H15ClFN3. The highest BCUT2D eigenvalue weighted by Crippen LogP contribution is 2.45. The van der Waals surface area contributed by atoms with E-state index in [2.05, 4.69) is 4.90 Å². The van der Waals surface area contributed by atoms with E-state index in [9.17, 15) is 4.39 Å². The normalized spacial score (nSPS) is 26.8. The number of piperidine rings is 1. The van der Waals surface area contributed by atoms with Crippen LogP contribution in [0.2, 0.25) is 5.02 Å². The highest BCUT2D eigenvalue weighted by atomic mass is 35.5. The van der Waals surface area contributed by atoms with Gasteiger partial charge < -0.3 is 16.4 Å². The van der Waals surface area contributed by atoms with Crippen LogP contribution in [0.15, 0.2) is 6.07 Å². The van der Waals surface area contributed by atoms with Gasteiger partial charge in [-0.25, -0.2) is 4.39 Å². The predicted octanol–water partition coefficient (Wildman–Crippen LogP) is 2.63. The van der Waals surface area contributed by atoms with E-state index in [1.165, 1.54) is 6.42 Å². The van der Waals surface area contributed by atoms with Crippen molar-refractivity contribution in [3.63, 3.8) is 0 Å². The molecule has 1 heterocycles. The van der Waals surface area contributed by atoms with Crippen LogP contribution in [0.3, 0.4) is 0 Å². The van der Waals surface area contributed by atoms with E-state index < -0.39 is 5.82 Å². The Morgan fingerprint density at radius 2 is 2.06 bits per heavy atom.